The standard InChI is InChI=1S/C17H20N2O9S2/c20-7-18(8-21)29(25,26)11-1-3-13-14-4-2-12(30(27,28)19(9-22)10-23)6-16(14)17(24)15(13)5-11/h1-6,17,20-24H,7-10H2. The van der Waals surface area contributed by atoms with Crippen LogP contribution in [0.2, 0.25) is 0 Å². The fourth-order valence-electron chi connectivity index (χ4n) is 3.20. The molecule has 0 aliphatic heterocycles. The molecule has 30 heavy (non-hydrogen) atoms. The average Bonchev–Trinajstić information content (AvgIpc) is 3.01. The van der Waals surface area contributed by atoms with Crippen LogP contribution in [0.25, 0.3) is 11.1 Å². The Bertz CT molecular complexity index is 1070. The summed E-state index contributed by atoms with van der Waals surface area (Å²) < 4.78 is 50.8. The van der Waals surface area contributed by atoms with E-state index in [1.165, 1.54) is 36.4 Å². The number of rotatable bonds is 8. The van der Waals surface area contributed by atoms with Crippen LogP contribution in [0, 0.1) is 0 Å². The Morgan fingerprint density at radius 1 is 0.667 bits per heavy atom. The second-order valence-corrected chi connectivity index (χ2v) is 10.3. The van der Waals surface area contributed by atoms with Gasteiger partial charge in [-0.15, -0.1) is 8.61 Å². The molecule has 2 aromatic rings. The van der Waals surface area contributed by atoms with Gasteiger partial charge in [0.05, 0.1) is 9.79 Å². The number of hydrogen-bond donors (Lipinski definition) is 5. The molecule has 0 heterocycles. The lowest BCUT2D eigenvalue weighted by Gasteiger charge is -2.17. The number of aliphatic hydroxyl groups is 5. The first-order valence-corrected chi connectivity index (χ1v) is 11.4. The van der Waals surface area contributed by atoms with E-state index in [2.05, 4.69) is 0 Å². The maximum Gasteiger partial charge on any atom is 0.246 e. The van der Waals surface area contributed by atoms with Crippen LogP contribution >= 0.6 is 0 Å². The quantitative estimate of drug-likeness (QED) is 0.294. The van der Waals surface area contributed by atoms with Crippen LogP contribution in [0.4, 0.5) is 0 Å². The van der Waals surface area contributed by atoms with Crippen molar-refractivity contribution in [2.45, 2.75) is 15.9 Å². The van der Waals surface area contributed by atoms with Crippen molar-refractivity contribution in [3.8, 4) is 11.1 Å². The van der Waals surface area contributed by atoms with Crippen molar-refractivity contribution < 1.29 is 42.4 Å². The molecule has 0 atom stereocenters. The lowest BCUT2D eigenvalue weighted by molar-refractivity contribution is 0.0958. The second kappa shape index (κ2) is 8.30. The minimum Gasteiger partial charge on any atom is -0.384 e. The lowest BCUT2D eigenvalue weighted by atomic mass is 10.1. The number of benzene rings is 2. The summed E-state index contributed by atoms with van der Waals surface area (Å²) in [5.41, 5.74) is 1.39. The molecule has 0 saturated heterocycles. The summed E-state index contributed by atoms with van der Waals surface area (Å²) in [6, 6.07) is 7.75. The molecule has 5 N–H and O–H groups in total. The van der Waals surface area contributed by atoms with Gasteiger partial charge >= 0.3 is 0 Å². The number of aliphatic hydroxyl groups excluding tert-OH is 5. The Labute approximate surface area is 172 Å². The van der Waals surface area contributed by atoms with Crippen molar-refractivity contribution in [3.63, 3.8) is 0 Å². The Kier molecular flexibility index (Phi) is 6.29. The highest BCUT2D eigenvalue weighted by molar-refractivity contribution is 7.89. The molecule has 0 spiro atoms. The van der Waals surface area contributed by atoms with Crippen molar-refractivity contribution in [1.82, 2.24) is 8.61 Å². The molecule has 0 radical (unpaired) electrons. The van der Waals surface area contributed by atoms with Gasteiger partial charge in [-0.1, -0.05) is 12.1 Å². The van der Waals surface area contributed by atoms with E-state index in [0.717, 1.165) is 0 Å². The van der Waals surface area contributed by atoms with Gasteiger partial charge in [-0.2, -0.15) is 0 Å². The second-order valence-electron chi connectivity index (χ2n) is 6.38. The van der Waals surface area contributed by atoms with Gasteiger partial charge in [0.25, 0.3) is 0 Å². The van der Waals surface area contributed by atoms with Gasteiger partial charge in [-0.25, -0.2) is 16.8 Å². The molecular formula is C17H20N2O9S2. The SMILES string of the molecule is O=S(=O)(c1ccc2c(c1)C(O)c1cc(S(=O)(=O)N(CO)CO)ccc1-2)N(CO)CO. The molecule has 0 unspecified atom stereocenters. The molecule has 0 saturated carbocycles. The molecule has 0 fully saturated rings. The summed E-state index contributed by atoms with van der Waals surface area (Å²) in [6.07, 6.45) is -1.34. The van der Waals surface area contributed by atoms with Crippen LogP contribution in [0.1, 0.15) is 17.2 Å². The predicted octanol–water partition coefficient (Wildman–Crippen LogP) is -1.47. The van der Waals surface area contributed by atoms with Crippen LogP contribution in [0.15, 0.2) is 46.2 Å². The van der Waals surface area contributed by atoms with Gasteiger partial charge in [0.1, 0.15) is 33.0 Å². The summed E-state index contributed by atoms with van der Waals surface area (Å²) in [5.74, 6) is 0. The highest BCUT2D eigenvalue weighted by Crippen LogP contribution is 2.45. The molecule has 0 bridgehead atoms. The van der Waals surface area contributed by atoms with E-state index in [1.54, 1.807) is 0 Å². The third-order valence-electron chi connectivity index (χ3n) is 4.83. The van der Waals surface area contributed by atoms with Crippen molar-refractivity contribution in [2.24, 2.45) is 0 Å². The Morgan fingerprint density at radius 2 is 1.00 bits per heavy atom. The van der Waals surface area contributed by atoms with Crippen LogP contribution in [0.3, 0.4) is 0 Å². The molecule has 2 aromatic carbocycles. The Hall–Kier alpha value is -1.94. The number of hydrogen-bond acceptors (Lipinski definition) is 9. The van der Waals surface area contributed by atoms with Gasteiger partial charge in [-0.05, 0) is 46.5 Å². The number of fused-ring (bicyclic) bond motifs is 3. The van der Waals surface area contributed by atoms with Gasteiger partial charge < -0.3 is 25.5 Å². The Morgan fingerprint density at radius 3 is 1.30 bits per heavy atom. The average molecular weight is 460 g/mol. The molecule has 0 amide bonds. The maximum atomic E-state index is 12.5. The van der Waals surface area contributed by atoms with Crippen molar-refractivity contribution in [3.05, 3.63) is 47.5 Å². The first-order chi connectivity index (χ1) is 14.1. The topological polar surface area (TPSA) is 176 Å². The Balaban J connectivity index is 2.07. The van der Waals surface area contributed by atoms with Gasteiger partial charge in [0.15, 0.2) is 0 Å². The molecule has 0 aromatic heterocycles. The van der Waals surface area contributed by atoms with Crippen LogP contribution < -0.4 is 0 Å². The summed E-state index contributed by atoms with van der Waals surface area (Å²) in [6.45, 7) is -3.75. The third kappa shape index (κ3) is 3.53. The van der Waals surface area contributed by atoms with Gasteiger partial charge in [0, 0.05) is 0 Å². The zero-order valence-electron chi connectivity index (χ0n) is 15.4. The highest BCUT2D eigenvalue weighted by atomic mass is 32.2. The molecule has 13 heteroatoms. The van der Waals surface area contributed by atoms with E-state index in [1.807, 2.05) is 0 Å². The zero-order valence-corrected chi connectivity index (χ0v) is 17.1. The van der Waals surface area contributed by atoms with Crippen LogP contribution in [-0.4, -0.2) is 77.9 Å². The monoisotopic (exact) mass is 460 g/mol. The zero-order chi connectivity index (χ0) is 22.3. The van der Waals surface area contributed by atoms with Crippen LogP contribution in [0.5, 0.6) is 0 Å². The van der Waals surface area contributed by atoms with E-state index in [4.69, 9.17) is 20.4 Å². The smallest absolute Gasteiger partial charge is 0.246 e. The first kappa shape index (κ1) is 22.7. The van der Waals surface area contributed by atoms with E-state index < -0.39 is 53.1 Å². The first-order valence-electron chi connectivity index (χ1n) is 8.53. The predicted molar refractivity (Wildman–Crippen MR) is 102 cm³/mol. The third-order valence-corrected chi connectivity index (χ3v) is 8.35. The largest absolute Gasteiger partial charge is 0.384 e. The van der Waals surface area contributed by atoms with E-state index in [9.17, 15) is 21.9 Å². The summed E-state index contributed by atoms with van der Waals surface area (Å²) in [7, 11) is -8.44. The maximum absolute atomic E-state index is 12.5. The molecule has 3 rings (SSSR count). The van der Waals surface area contributed by atoms with E-state index >= 15 is 0 Å². The van der Waals surface area contributed by atoms with E-state index in [0.29, 0.717) is 19.7 Å². The fraction of sp³-hybridized carbons (Fsp3) is 0.294. The number of sulfonamides is 2. The van der Waals surface area contributed by atoms with E-state index in [-0.39, 0.29) is 20.9 Å². The van der Waals surface area contributed by atoms with Crippen molar-refractivity contribution >= 4 is 20.0 Å². The summed E-state index contributed by atoms with van der Waals surface area (Å²) >= 11 is 0. The normalized spacial score (nSPS) is 14.4. The summed E-state index contributed by atoms with van der Waals surface area (Å²) in [4.78, 5) is -0.536. The van der Waals surface area contributed by atoms with Gasteiger partial charge in [0.2, 0.25) is 20.0 Å². The molecule has 1 aliphatic rings. The number of nitrogens with zero attached hydrogens (tertiary/aromatic N) is 2. The van der Waals surface area contributed by atoms with Crippen LogP contribution in [-0.2, 0) is 20.0 Å². The minimum absolute atomic E-state index is 0.206. The molecule has 164 valence electrons. The highest BCUT2D eigenvalue weighted by Gasteiger charge is 2.33. The molecule has 11 nitrogen and oxygen atoms in total. The lowest BCUT2D eigenvalue weighted by Crippen LogP contribution is -2.32. The molecular weight excluding hydrogens is 440 g/mol. The molecule has 1 aliphatic carbocycles. The fourth-order valence-corrected chi connectivity index (χ4v) is 5.44. The van der Waals surface area contributed by atoms with Gasteiger partial charge in [-0.3, -0.25) is 0 Å². The van der Waals surface area contributed by atoms with Crippen molar-refractivity contribution in [2.75, 3.05) is 26.9 Å². The summed E-state index contributed by atoms with van der Waals surface area (Å²) in [5, 5.41) is 47.3. The minimum atomic E-state index is -4.22. The van der Waals surface area contributed by atoms with Crippen molar-refractivity contribution in [1.29, 1.82) is 0 Å².